The summed E-state index contributed by atoms with van der Waals surface area (Å²) in [7, 11) is -7.60. The van der Waals surface area contributed by atoms with Gasteiger partial charge in [-0.25, -0.2) is 31.8 Å². The number of rotatable bonds is 3. The van der Waals surface area contributed by atoms with Gasteiger partial charge in [0.15, 0.2) is 9.84 Å². The molecule has 2 aromatic carbocycles. The van der Waals surface area contributed by atoms with Gasteiger partial charge in [0.05, 0.1) is 36.5 Å². The number of hydrogen-bond donors (Lipinski definition) is 0. The standard InChI is InChI=1S/C21H18N4O4S3/c1-13-22-11-16(12-23-13)15-3-6-21-19(9-15)25(7-8-31(21,26)27)32(28,29)17-4-5-18-20(10-17)30-14(2)24-18/h3-6,9-12H,7-8H2,1-2H3. The maximum Gasteiger partial charge on any atom is 0.264 e. The number of aromatic nitrogens is 3. The third-order valence-electron chi connectivity index (χ3n) is 5.29. The van der Waals surface area contributed by atoms with E-state index >= 15 is 0 Å². The molecule has 11 heteroatoms. The Morgan fingerprint density at radius 3 is 2.50 bits per heavy atom. The molecule has 0 amide bonds. The molecular formula is C21H18N4O4S3. The van der Waals surface area contributed by atoms with E-state index in [1.807, 2.05) is 6.92 Å². The molecule has 0 saturated heterocycles. The zero-order valence-electron chi connectivity index (χ0n) is 17.2. The summed E-state index contributed by atoms with van der Waals surface area (Å²) in [5.74, 6) is 0.320. The molecule has 3 heterocycles. The second kappa shape index (κ2) is 7.32. The number of anilines is 1. The van der Waals surface area contributed by atoms with Crippen LogP contribution in [-0.4, -0.2) is 44.1 Å². The molecular weight excluding hydrogens is 468 g/mol. The topological polar surface area (TPSA) is 110 Å². The van der Waals surface area contributed by atoms with E-state index in [0.717, 1.165) is 15.2 Å². The zero-order chi connectivity index (χ0) is 22.7. The first-order valence-corrected chi connectivity index (χ1v) is 13.6. The first kappa shape index (κ1) is 21.0. The van der Waals surface area contributed by atoms with Gasteiger partial charge >= 0.3 is 0 Å². The molecule has 0 bridgehead atoms. The second-order valence-corrected chi connectivity index (χ2v) is 12.6. The Morgan fingerprint density at radius 1 is 1.00 bits per heavy atom. The van der Waals surface area contributed by atoms with Crippen molar-refractivity contribution >= 4 is 47.1 Å². The van der Waals surface area contributed by atoms with Crippen molar-refractivity contribution in [3.63, 3.8) is 0 Å². The average Bonchev–Trinajstić information content (AvgIpc) is 3.13. The highest BCUT2D eigenvalue weighted by atomic mass is 32.2. The minimum atomic E-state index is -4.00. The number of sulfonamides is 1. The molecule has 4 aromatic rings. The van der Waals surface area contributed by atoms with Crippen molar-refractivity contribution in [3.8, 4) is 11.1 Å². The molecule has 0 N–H and O–H groups in total. The maximum absolute atomic E-state index is 13.6. The molecule has 8 nitrogen and oxygen atoms in total. The number of benzene rings is 2. The Morgan fingerprint density at radius 2 is 1.75 bits per heavy atom. The van der Waals surface area contributed by atoms with Crippen molar-refractivity contribution in [2.45, 2.75) is 23.6 Å². The number of thiazole rings is 1. The van der Waals surface area contributed by atoms with Crippen molar-refractivity contribution < 1.29 is 16.8 Å². The maximum atomic E-state index is 13.6. The average molecular weight is 487 g/mol. The molecule has 1 aliphatic rings. The molecule has 1 aliphatic heterocycles. The van der Waals surface area contributed by atoms with Gasteiger partial charge in [-0.3, -0.25) is 4.31 Å². The molecule has 0 saturated carbocycles. The lowest BCUT2D eigenvalue weighted by Crippen LogP contribution is -2.39. The number of fused-ring (bicyclic) bond motifs is 2. The molecule has 32 heavy (non-hydrogen) atoms. The van der Waals surface area contributed by atoms with Gasteiger partial charge in [-0.1, -0.05) is 6.07 Å². The van der Waals surface area contributed by atoms with Crippen molar-refractivity contribution in [3.05, 3.63) is 59.6 Å². The van der Waals surface area contributed by atoms with E-state index in [9.17, 15) is 16.8 Å². The normalized spacial score (nSPS) is 15.6. The Kier molecular flexibility index (Phi) is 4.80. The van der Waals surface area contributed by atoms with Crippen LogP contribution >= 0.6 is 11.3 Å². The van der Waals surface area contributed by atoms with Crippen molar-refractivity contribution in [2.24, 2.45) is 0 Å². The van der Waals surface area contributed by atoms with Crippen LogP contribution in [0.4, 0.5) is 5.69 Å². The quantitative estimate of drug-likeness (QED) is 0.437. The fourth-order valence-electron chi connectivity index (χ4n) is 3.69. The Labute approximate surface area is 189 Å². The van der Waals surface area contributed by atoms with Crippen LogP contribution < -0.4 is 4.31 Å². The molecule has 0 fully saturated rings. The summed E-state index contributed by atoms with van der Waals surface area (Å²) in [6.07, 6.45) is 3.25. The minimum Gasteiger partial charge on any atom is -0.264 e. The summed E-state index contributed by atoms with van der Waals surface area (Å²) in [5.41, 5.74) is 2.17. The van der Waals surface area contributed by atoms with E-state index < -0.39 is 19.9 Å². The smallest absolute Gasteiger partial charge is 0.264 e. The summed E-state index contributed by atoms with van der Waals surface area (Å²) < 4.78 is 54.5. The molecule has 0 aliphatic carbocycles. The SMILES string of the molecule is Cc1ncc(-c2ccc3c(c2)N(S(=O)(=O)c2ccc4nc(C)sc4c2)CCS3(=O)=O)cn1. The Hall–Kier alpha value is -2.89. The van der Waals surface area contributed by atoms with E-state index in [0.29, 0.717) is 17.0 Å². The fourth-order valence-corrected chi connectivity index (χ4v) is 7.71. The zero-order valence-corrected chi connectivity index (χ0v) is 19.6. The fraction of sp³-hybridized carbons (Fsp3) is 0.190. The van der Waals surface area contributed by atoms with Crippen LogP contribution in [0.15, 0.2) is 58.6 Å². The lowest BCUT2D eigenvalue weighted by molar-refractivity contribution is 0.584. The molecule has 0 spiro atoms. The second-order valence-electron chi connectivity index (χ2n) is 7.46. The molecule has 2 aromatic heterocycles. The van der Waals surface area contributed by atoms with Crippen molar-refractivity contribution in [1.82, 2.24) is 15.0 Å². The number of hydrogen-bond acceptors (Lipinski definition) is 8. The number of aryl methyl sites for hydroxylation is 2. The molecule has 0 unspecified atom stereocenters. The van der Waals surface area contributed by atoms with Gasteiger partial charge in [0.2, 0.25) is 0 Å². The minimum absolute atomic E-state index is 0.00109. The summed E-state index contributed by atoms with van der Waals surface area (Å²) in [6, 6.07) is 9.46. The lowest BCUT2D eigenvalue weighted by Gasteiger charge is -2.30. The van der Waals surface area contributed by atoms with Crippen LogP contribution in [0.3, 0.4) is 0 Å². The van der Waals surface area contributed by atoms with Crippen LogP contribution in [0.1, 0.15) is 10.8 Å². The van der Waals surface area contributed by atoms with E-state index in [2.05, 4.69) is 15.0 Å². The summed E-state index contributed by atoms with van der Waals surface area (Å²) >= 11 is 1.41. The van der Waals surface area contributed by atoms with Gasteiger partial charge in [0.1, 0.15) is 5.82 Å². The lowest BCUT2D eigenvalue weighted by atomic mass is 10.1. The number of sulfone groups is 1. The van der Waals surface area contributed by atoms with E-state index in [-0.39, 0.29) is 27.8 Å². The van der Waals surface area contributed by atoms with Gasteiger partial charge in [0, 0.05) is 24.5 Å². The van der Waals surface area contributed by atoms with Gasteiger partial charge in [-0.05, 0) is 49.7 Å². The highest BCUT2D eigenvalue weighted by Gasteiger charge is 2.36. The summed E-state index contributed by atoms with van der Waals surface area (Å²) in [6.45, 7) is 3.46. The highest BCUT2D eigenvalue weighted by molar-refractivity contribution is 7.94. The highest BCUT2D eigenvalue weighted by Crippen LogP contribution is 2.38. The predicted molar refractivity (Wildman–Crippen MR) is 123 cm³/mol. The Bertz CT molecular complexity index is 1580. The van der Waals surface area contributed by atoms with E-state index in [4.69, 9.17) is 0 Å². The van der Waals surface area contributed by atoms with Crippen LogP contribution in [-0.2, 0) is 19.9 Å². The predicted octanol–water partition coefficient (Wildman–Crippen LogP) is 3.35. The van der Waals surface area contributed by atoms with Gasteiger partial charge in [-0.15, -0.1) is 11.3 Å². The van der Waals surface area contributed by atoms with E-state index in [1.54, 1.807) is 43.6 Å². The van der Waals surface area contributed by atoms with Gasteiger partial charge in [-0.2, -0.15) is 0 Å². The molecule has 0 radical (unpaired) electrons. The van der Waals surface area contributed by atoms with Crippen LogP contribution in [0.25, 0.3) is 21.3 Å². The first-order valence-electron chi connectivity index (χ1n) is 9.71. The Balaban J connectivity index is 1.66. The molecule has 164 valence electrons. The summed E-state index contributed by atoms with van der Waals surface area (Å²) in [4.78, 5) is 12.8. The van der Waals surface area contributed by atoms with Crippen LogP contribution in [0, 0.1) is 13.8 Å². The third kappa shape index (κ3) is 3.46. The van der Waals surface area contributed by atoms with Crippen molar-refractivity contribution in [1.29, 1.82) is 0 Å². The van der Waals surface area contributed by atoms with Crippen LogP contribution in [0.2, 0.25) is 0 Å². The van der Waals surface area contributed by atoms with Crippen LogP contribution in [0.5, 0.6) is 0 Å². The monoisotopic (exact) mass is 486 g/mol. The number of nitrogens with zero attached hydrogens (tertiary/aromatic N) is 4. The third-order valence-corrected chi connectivity index (χ3v) is 9.77. The van der Waals surface area contributed by atoms with Crippen molar-refractivity contribution in [2.75, 3.05) is 16.6 Å². The van der Waals surface area contributed by atoms with Gasteiger partial charge < -0.3 is 0 Å². The van der Waals surface area contributed by atoms with Gasteiger partial charge in [0.25, 0.3) is 10.0 Å². The summed E-state index contributed by atoms with van der Waals surface area (Å²) in [5, 5.41) is 0.842. The first-order chi connectivity index (χ1) is 15.1. The van der Waals surface area contributed by atoms with E-state index in [1.165, 1.54) is 27.8 Å². The molecule has 5 rings (SSSR count). The molecule has 0 atom stereocenters. The largest absolute Gasteiger partial charge is 0.264 e.